The molecule has 0 saturated carbocycles. The first kappa shape index (κ1) is 32.3. The molecule has 0 spiro atoms. The second-order valence-electron chi connectivity index (χ2n) is 13.3. The van der Waals surface area contributed by atoms with Crippen LogP contribution in [0.25, 0.3) is 0 Å². The highest BCUT2D eigenvalue weighted by molar-refractivity contribution is 5.99. The summed E-state index contributed by atoms with van der Waals surface area (Å²) < 4.78 is 12.7. The second-order valence-corrected chi connectivity index (χ2v) is 13.3. The number of amides is 1. The number of nitrogens with two attached hydrogens (primary N) is 2. The number of fused-ring (bicyclic) bond motifs is 2. The van der Waals surface area contributed by atoms with E-state index in [1.54, 1.807) is 4.90 Å². The fourth-order valence-electron chi connectivity index (χ4n) is 7.06. The van der Waals surface area contributed by atoms with E-state index < -0.39 is 11.8 Å². The molecule has 0 aliphatic carbocycles. The smallest absolute Gasteiger partial charge is 0.232 e. The normalized spacial score (nSPS) is 24.4. The second kappa shape index (κ2) is 13.5. The molecule has 4 atom stereocenters. The Morgan fingerprint density at radius 1 is 1.07 bits per heavy atom. The first-order chi connectivity index (χ1) is 21.1. The van der Waals surface area contributed by atoms with Gasteiger partial charge in [0.25, 0.3) is 0 Å². The highest BCUT2D eigenvalue weighted by atomic mass is 16.5. The van der Waals surface area contributed by atoms with Crippen molar-refractivity contribution >= 4 is 11.9 Å². The van der Waals surface area contributed by atoms with Gasteiger partial charge in [-0.1, -0.05) is 51.0 Å². The predicted octanol–water partition coefficient (Wildman–Crippen LogP) is 5.78. The number of rotatable bonds is 12. The summed E-state index contributed by atoms with van der Waals surface area (Å²) in [6, 6.07) is 13.3. The number of unbranched alkanes of at least 4 members (excludes halogenated alkanes) is 3. The number of guanidine groups is 1. The molecule has 2 aromatic carbocycles. The van der Waals surface area contributed by atoms with Gasteiger partial charge in [0.05, 0.1) is 18.0 Å². The van der Waals surface area contributed by atoms with E-state index in [0.717, 1.165) is 67.6 Å². The van der Waals surface area contributed by atoms with Crippen molar-refractivity contribution in [3.8, 4) is 11.5 Å². The fourth-order valence-corrected chi connectivity index (χ4v) is 7.06. The summed E-state index contributed by atoms with van der Waals surface area (Å²) in [5.41, 5.74) is 14.0. The maximum Gasteiger partial charge on any atom is 0.232 e. The molecule has 240 valence electrons. The number of ether oxygens (including phenoxy) is 2. The number of nitrogens with one attached hydrogen (secondary N) is 1. The number of carbonyl (C=O) groups is 1. The molecule has 3 aliphatic rings. The van der Waals surface area contributed by atoms with Crippen LogP contribution in [-0.4, -0.2) is 45.7 Å². The van der Waals surface area contributed by atoms with Crippen LogP contribution in [0.5, 0.6) is 11.5 Å². The summed E-state index contributed by atoms with van der Waals surface area (Å²) in [4.78, 5) is 20.4. The summed E-state index contributed by atoms with van der Waals surface area (Å²) in [5.74, 6) is 1.82. The van der Waals surface area contributed by atoms with Gasteiger partial charge < -0.3 is 26.0 Å². The van der Waals surface area contributed by atoms with Gasteiger partial charge in [-0.25, -0.2) is 4.99 Å². The molecule has 0 saturated heterocycles. The minimum Gasteiger partial charge on any atom is -0.490 e. The Labute approximate surface area is 262 Å². The number of para-hydroxylation sites is 1. The summed E-state index contributed by atoms with van der Waals surface area (Å²) in [6.07, 6.45) is 7.32. The van der Waals surface area contributed by atoms with E-state index in [1.807, 2.05) is 42.5 Å². The number of benzene rings is 2. The summed E-state index contributed by atoms with van der Waals surface area (Å²) in [5, 5.41) is 15.0. The number of nitrogens with zero attached hydrogens (tertiary/aromatic N) is 2. The van der Waals surface area contributed by atoms with Gasteiger partial charge in [-0.3, -0.25) is 15.0 Å². The summed E-state index contributed by atoms with van der Waals surface area (Å²) >= 11 is 0. The molecular formula is C35H51N5O4. The molecule has 0 bridgehead atoms. The zero-order chi connectivity index (χ0) is 31.5. The quantitative estimate of drug-likeness (QED) is 0.178. The largest absolute Gasteiger partial charge is 0.490 e. The lowest BCUT2D eigenvalue weighted by Crippen LogP contribution is -2.53. The molecule has 1 unspecified atom stereocenters. The van der Waals surface area contributed by atoms with Gasteiger partial charge in [-0.05, 0) is 76.3 Å². The third-order valence-corrected chi connectivity index (χ3v) is 9.68. The van der Waals surface area contributed by atoms with E-state index in [-0.39, 0.29) is 35.7 Å². The molecule has 5 rings (SSSR count). The molecule has 1 amide bonds. The first-order valence-corrected chi connectivity index (χ1v) is 16.5. The Bertz CT molecular complexity index is 1340. The minimum atomic E-state index is -0.941. The zero-order valence-corrected chi connectivity index (χ0v) is 26.9. The van der Waals surface area contributed by atoms with E-state index in [2.05, 4.69) is 33.0 Å². The van der Waals surface area contributed by atoms with Gasteiger partial charge in [-0.2, -0.15) is 0 Å². The van der Waals surface area contributed by atoms with Crippen molar-refractivity contribution in [2.45, 2.75) is 127 Å². The van der Waals surface area contributed by atoms with Gasteiger partial charge in [0.2, 0.25) is 5.91 Å². The van der Waals surface area contributed by atoms with Crippen LogP contribution in [0.3, 0.4) is 0 Å². The van der Waals surface area contributed by atoms with Gasteiger partial charge in [-0.15, -0.1) is 0 Å². The lowest BCUT2D eigenvalue weighted by Gasteiger charge is -2.43. The Kier molecular flexibility index (Phi) is 9.87. The molecular weight excluding hydrogens is 554 g/mol. The molecule has 0 radical (unpaired) electrons. The highest BCUT2D eigenvalue weighted by Crippen LogP contribution is 2.44. The molecule has 44 heavy (non-hydrogen) atoms. The number of hydrogen-bond acceptors (Lipinski definition) is 8. The van der Waals surface area contributed by atoms with Crippen LogP contribution < -0.4 is 26.3 Å². The molecule has 0 fully saturated rings. The number of aliphatic hydroxyl groups excluding tert-OH is 1. The van der Waals surface area contributed by atoms with Gasteiger partial charge in [0, 0.05) is 30.0 Å². The SMILES string of the molecule is CCC1(CC)CC(=O)N([C@@H]2C[C@@H](CCCCCCN)Oc3ccc(C(O)N[C@H]4CC(C)(C)Oc5ccccc54)cc32)C(N)=N1. The Morgan fingerprint density at radius 3 is 2.55 bits per heavy atom. The maximum atomic E-state index is 13.8. The summed E-state index contributed by atoms with van der Waals surface area (Å²) in [7, 11) is 0. The van der Waals surface area contributed by atoms with E-state index in [0.29, 0.717) is 31.4 Å². The molecule has 3 aliphatic heterocycles. The average Bonchev–Trinajstić information content (AvgIpc) is 2.99. The maximum absolute atomic E-state index is 13.8. The molecule has 9 heteroatoms. The zero-order valence-electron chi connectivity index (χ0n) is 26.9. The van der Waals surface area contributed by atoms with E-state index in [4.69, 9.17) is 25.9 Å². The van der Waals surface area contributed by atoms with Crippen LogP contribution in [0.15, 0.2) is 47.5 Å². The van der Waals surface area contributed by atoms with Gasteiger partial charge in [0.1, 0.15) is 29.4 Å². The molecule has 0 aromatic heterocycles. The van der Waals surface area contributed by atoms with Crippen molar-refractivity contribution in [3.63, 3.8) is 0 Å². The van der Waals surface area contributed by atoms with Crippen LogP contribution >= 0.6 is 0 Å². The van der Waals surface area contributed by atoms with Crippen LogP contribution in [-0.2, 0) is 4.79 Å². The van der Waals surface area contributed by atoms with E-state index >= 15 is 0 Å². The lowest BCUT2D eigenvalue weighted by atomic mass is 9.86. The monoisotopic (exact) mass is 605 g/mol. The van der Waals surface area contributed by atoms with Crippen molar-refractivity contribution in [2.24, 2.45) is 16.5 Å². The van der Waals surface area contributed by atoms with Gasteiger partial charge in [0.15, 0.2) is 5.96 Å². The van der Waals surface area contributed by atoms with Crippen molar-refractivity contribution in [1.82, 2.24) is 10.2 Å². The first-order valence-electron chi connectivity index (χ1n) is 16.5. The fraction of sp³-hybridized carbons (Fsp3) is 0.600. The Hall–Kier alpha value is -3.14. The standard InChI is InChI=1S/C35H51N5O4/c1-5-35(6-2)22-31(41)40(33(37)39-35)28-20-24(13-9-7-8-12-18-36)43-29-17-16-23(19-26(28)29)32(42)38-27-21-34(3,4)44-30-15-11-10-14-25(27)30/h10-11,14-17,19,24,27-28,32,38,42H,5-9,12-13,18,20-22,36H2,1-4H3,(H2,37,39)/t24-,27+,28-,32?/m1/s1. The van der Waals surface area contributed by atoms with E-state index in [9.17, 15) is 9.90 Å². The van der Waals surface area contributed by atoms with Gasteiger partial charge >= 0.3 is 0 Å². The Morgan fingerprint density at radius 2 is 1.82 bits per heavy atom. The number of aliphatic hydroxyl groups is 1. The van der Waals surface area contributed by atoms with Crippen LogP contribution in [0.1, 0.15) is 127 Å². The molecule has 6 N–H and O–H groups in total. The lowest BCUT2D eigenvalue weighted by molar-refractivity contribution is -0.132. The summed E-state index contributed by atoms with van der Waals surface area (Å²) in [6.45, 7) is 8.96. The van der Waals surface area contributed by atoms with Crippen molar-refractivity contribution in [3.05, 3.63) is 59.2 Å². The van der Waals surface area contributed by atoms with Crippen LogP contribution in [0.4, 0.5) is 0 Å². The highest BCUT2D eigenvalue weighted by Gasteiger charge is 2.43. The van der Waals surface area contributed by atoms with Crippen molar-refractivity contribution in [1.29, 1.82) is 0 Å². The average molecular weight is 606 g/mol. The Balaban J connectivity index is 1.43. The van der Waals surface area contributed by atoms with Crippen LogP contribution in [0, 0.1) is 0 Å². The number of aliphatic imine (C=N–C) groups is 1. The third-order valence-electron chi connectivity index (χ3n) is 9.68. The molecule has 3 heterocycles. The number of carbonyl (C=O) groups excluding carboxylic acids is 1. The molecule has 2 aromatic rings. The number of hydrogen-bond donors (Lipinski definition) is 4. The van der Waals surface area contributed by atoms with Crippen molar-refractivity contribution in [2.75, 3.05) is 6.54 Å². The molecule has 9 nitrogen and oxygen atoms in total. The van der Waals surface area contributed by atoms with E-state index in [1.165, 1.54) is 0 Å². The predicted molar refractivity (Wildman–Crippen MR) is 173 cm³/mol. The minimum absolute atomic E-state index is 0.00846. The van der Waals surface area contributed by atoms with Crippen LogP contribution in [0.2, 0.25) is 0 Å². The van der Waals surface area contributed by atoms with Crippen molar-refractivity contribution < 1.29 is 19.4 Å². The third kappa shape index (κ3) is 6.90. The topological polar surface area (TPSA) is 135 Å².